The normalized spacial score (nSPS) is 10.3. The van der Waals surface area contributed by atoms with Crippen LogP contribution in [0.2, 0.25) is 0 Å². The Hall–Kier alpha value is -2.69. The summed E-state index contributed by atoms with van der Waals surface area (Å²) >= 11 is 0. The summed E-state index contributed by atoms with van der Waals surface area (Å²) < 4.78 is 10.0. The lowest BCUT2D eigenvalue weighted by Crippen LogP contribution is -2.09. The third-order valence-electron chi connectivity index (χ3n) is 3.37. The van der Waals surface area contributed by atoms with E-state index in [1.807, 2.05) is 6.07 Å². The van der Waals surface area contributed by atoms with Gasteiger partial charge in [0.25, 0.3) is 0 Å². The number of methoxy groups -OCH3 is 2. The number of esters is 1. The van der Waals surface area contributed by atoms with Crippen LogP contribution in [0.5, 0.6) is 17.2 Å². The fraction of sp³-hybridized carbons (Fsp3) is 0.235. The maximum absolute atomic E-state index is 12.0. The first-order chi connectivity index (χ1) is 10.5. The highest BCUT2D eigenvalue weighted by molar-refractivity contribution is 5.94. The SMILES string of the molecule is COC(=O)c1c(CCc2cc(O)cc(O)c2)cccc1OC. The summed E-state index contributed by atoms with van der Waals surface area (Å²) in [6.45, 7) is 0. The zero-order chi connectivity index (χ0) is 16.1. The highest BCUT2D eigenvalue weighted by atomic mass is 16.5. The molecule has 0 aliphatic heterocycles. The Morgan fingerprint density at radius 1 is 1.05 bits per heavy atom. The van der Waals surface area contributed by atoms with Crippen LogP contribution in [-0.4, -0.2) is 30.4 Å². The molecule has 0 fully saturated rings. The maximum Gasteiger partial charge on any atom is 0.341 e. The first-order valence-corrected chi connectivity index (χ1v) is 6.81. The number of aromatic hydroxyl groups is 2. The van der Waals surface area contributed by atoms with Crippen LogP contribution in [0.15, 0.2) is 36.4 Å². The molecule has 2 aromatic rings. The van der Waals surface area contributed by atoms with Crippen LogP contribution in [0.25, 0.3) is 0 Å². The molecule has 0 aliphatic carbocycles. The Bertz CT molecular complexity index is 658. The molecule has 0 heterocycles. The van der Waals surface area contributed by atoms with Crippen molar-refractivity contribution in [3.63, 3.8) is 0 Å². The van der Waals surface area contributed by atoms with Gasteiger partial charge in [0.15, 0.2) is 0 Å². The molecule has 5 nitrogen and oxygen atoms in total. The minimum atomic E-state index is -0.453. The van der Waals surface area contributed by atoms with Gasteiger partial charge in [0.05, 0.1) is 14.2 Å². The van der Waals surface area contributed by atoms with Gasteiger partial charge >= 0.3 is 5.97 Å². The molecule has 2 aromatic carbocycles. The van der Waals surface area contributed by atoms with Crippen LogP contribution in [0, 0.1) is 0 Å². The number of carbonyl (C=O) groups excluding carboxylic acids is 1. The van der Waals surface area contributed by atoms with Crippen LogP contribution >= 0.6 is 0 Å². The number of phenolic OH excluding ortho intramolecular Hbond substituents is 2. The molecule has 2 N–H and O–H groups in total. The van der Waals surface area contributed by atoms with Gasteiger partial charge in [-0.25, -0.2) is 4.79 Å². The average molecular weight is 302 g/mol. The van der Waals surface area contributed by atoms with E-state index in [9.17, 15) is 15.0 Å². The van der Waals surface area contributed by atoms with E-state index < -0.39 is 5.97 Å². The molecule has 2 rings (SSSR count). The Kier molecular flexibility index (Phi) is 4.88. The minimum absolute atomic E-state index is 0.00818. The minimum Gasteiger partial charge on any atom is -0.508 e. The van der Waals surface area contributed by atoms with E-state index in [-0.39, 0.29) is 11.5 Å². The van der Waals surface area contributed by atoms with Gasteiger partial charge in [-0.05, 0) is 42.2 Å². The van der Waals surface area contributed by atoms with Crippen molar-refractivity contribution in [2.75, 3.05) is 14.2 Å². The fourth-order valence-corrected chi connectivity index (χ4v) is 2.37. The molecule has 0 atom stereocenters. The second-order valence-electron chi connectivity index (χ2n) is 4.84. The summed E-state index contributed by atoms with van der Waals surface area (Å²) in [6.07, 6.45) is 1.10. The van der Waals surface area contributed by atoms with E-state index in [0.29, 0.717) is 24.2 Å². The zero-order valence-corrected chi connectivity index (χ0v) is 12.5. The number of hydrogen-bond donors (Lipinski definition) is 2. The third kappa shape index (κ3) is 3.49. The molecule has 5 heteroatoms. The largest absolute Gasteiger partial charge is 0.508 e. The van der Waals surface area contributed by atoms with E-state index in [1.165, 1.54) is 20.3 Å². The molecule has 0 saturated heterocycles. The molecule has 22 heavy (non-hydrogen) atoms. The van der Waals surface area contributed by atoms with Crippen LogP contribution in [0.1, 0.15) is 21.5 Å². The lowest BCUT2D eigenvalue weighted by molar-refractivity contribution is 0.0595. The van der Waals surface area contributed by atoms with Crippen LogP contribution < -0.4 is 4.74 Å². The number of benzene rings is 2. The van der Waals surface area contributed by atoms with Crippen molar-refractivity contribution in [1.29, 1.82) is 0 Å². The number of aryl methyl sites for hydroxylation is 2. The fourth-order valence-electron chi connectivity index (χ4n) is 2.37. The first-order valence-electron chi connectivity index (χ1n) is 6.81. The number of phenols is 2. The summed E-state index contributed by atoms with van der Waals surface area (Å²) in [5.74, 6) is 0.0250. The zero-order valence-electron chi connectivity index (χ0n) is 12.5. The molecule has 0 aromatic heterocycles. The van der Waals surface area contributed by atoms with E-state index in [4.69, 9.17) is 9.47 Å². The van der Waals surface area contributed by atoms with Gasteiger partial charge in [-0.3, -0.25) is 0 Å². The number of carbonyl (C=O) groups is 1. The second-order valence-corrected chi connectivity index (χ2v) is 4.84. The predicted molar refractivity (Wildman–Crippen MR) is 81.5 cm³/mol. The van der Waals surface area contributed by atoms with Crippen LogP contribution in [-0.2, 0) is 17.6 Å². The van der Waals surface area contributed by atoms with Crippen LogP contribution in [0.3, 0.4) is 0 Å². The number of hydrogen-bond acceptors (Lipinski definition) is 5. The molecule has 0 bridgehead atoms. The van der Waals surface area contributed by atoms with E-state index in [1.54, 1.807) is 24.3 Å². The second kappa shape index (κ2) is 6.85. The van der Waals surface area contributed by atoms with Gasteiger partial charge in [0.2, 0.25) is 0 Å². The van der Waals surface area contributed by atoms with Crippen molar-refractivity contribution in [1.82, 2.24) is 0 Å². The van der Waals surface area contributed by atoms with E-state index >= 15 is 0 Å². The molecular weight excluding hydrogens is 284 g/mol. The van der Waals surface area contributed by atoms with Crippen molar-refractivity contribution in [2.45, 2.75) is 12.8 Å². The third-order valence-corrected chi connectivity index (χ3v) is 3.37. The van der Waals surface area contributed by atoms with Gasteiger partial charge in [-0.2, -0.15) is 0 Å². The molecule has 116 valence electrons. The van der Waals surface area contributed by atoms with Gasteiger partial charge in [-0.1, -0.05) is 12.1 Å². The lowest BCUT2D eigenvalue weighted by atomic mass is 9.98. The van der Waals surface area contributed by atoms with E-state index in [2.05, 4.69) is 0 Å². The van der Waals surface area contributed by atoms with Crippen molar-refractivity contribution in [3.8, 4) is 17.2 Å². The summed E-state index contributed by atoms with van der Waals surface area (Å²) in [5.41, 5.74) is 1.96. The number of ether oxygens (including phenoxy) is 2. The van der Waals surface area contributed by atoms with Gasteiger partial charge in [-0.15, -0.1) is 0 Å². The average Bonchev–Trinajstić information content (AvgIpc) is 2.50. The van der Waals surface area contributed by atoms with Crippen molar-refractivity contribution < 1.29 is 24.5 Å². The lowest BCUT2D eigenvalue weighted by Gasteiger charge is -2.12. The standard InChI is InChI=1S/C17H18O5/c1-21-15-5-3-4-12(16(15)17(20)22-2)7-6-11-8-13(18)10-14(19)9-11/h3-5,8-10,18-19H,6-7H2,1-2H3. The van der Waals surface area contributed by atoms with Crippen molar-refractivity contribution in [2.24, 2.45) is 0 Å². The Morgan fingerprint density at radius 3 is 2.32 bits per heavy atom. The number of rotatable bonds is 5. The van der Waals surface area contributed by atoms with Gasteiger partial charge < -0.3 is 19.7 Å². The Morgan fingerprint density at radius 2 is 1.73 bits per heavy atom. The smallest absolute Gasteiger partial charge is 0.341 e. The van der Waals surface area contributed by atoms with Crippen molar-refractivity contribution in [3.05, 3.63) is 53.1 Å². The quantitative estimate of drug-likeness (QED) is 0.830. The Labute approximate surface area is 128 Å². The summed E-state index contributed by atoms with van der Waals surface area (Å²) in [4.78, 5) is 12.0. The van der Waals surface area contributed by atoms with Gasteiger partial charge in [0, 0.05) is 6.07 Å². The molecule has 0 amide bonds. The molecule has 0 unspecified atom stereocenters. The van der Waals surface area contributed by atoms with Crippen LogP contribution in [0.4, 0.5) is 0 Å². The highest BCUT2D eigenvalue weighted by Gasteiger charge is 2.17. The molecule has 0 spiro atoms. The van der Waals surface area contributed by atoms with E-state index in [0.717, 1.165) is 11.1 Å². The van der Waals surface area contributed by atoms with Crippen molar-refractivity contribution >= 4 is 5.97 Å². The maximum atomic E-state index is 12.0. The Balaban J connectivity index is 2.27. The first kappa shape index (κ1) is 15.7. The molecule has 0 saturated carbocycles. The summed E-state index contributed by atoms with van der Waals surface area (Å²) in [5, 5.41) is 19.0. The monoisotopic (exact) mass is 302 g/mol. The molecule has 0 aliphatic rings. The molecular formula is C17H18O5. The summed E-state index contributed by atoms with van der Waals surface area (Å²) in [6, 6.07) is 9.78. The van der Waals surface area contributed by atoms with Gasteiger partial charge in [0.1, 0.15) is 22.8 Å². The predicted octanol–water partition coefficient (Wildman–Crippen LogP) is 2.68. The highest BCUT2D eigenvalue weighted by Crippen LogP contribution is 2.26. The molecule has 0 radical (unpaired) electrons. The summed E-state index contributed by atoms with van der Waals surface area (Å²) in [7, 11) is 2.82. The topological polar surface area (TPSA) is 76.0 Å².